The van der Waals surface area contributed by atoms with E-state index in [2.05, 4.69) is 0 Å². The molecule has 11 heteroatoms. The van der Waals surface area contributed by atoms with Crippen LogP contribution in [0.3, 0.4) is 0 Å². The SMILES string of the molecule is COc1cccc2c1C(=O)c1c(O)c3c(c(O)c1C2=O)C[C@](O)(C(=O)CO)C[C@H]3O[C@@H]1CC[C@@H](O)[C@@H](C)O1. The Bertz CT molecular complexity index is 1350. The van der Waals surface area contributed by atoms with Gasteiger partial charge in [0, 0.05) is 36.0 Å². The molecule has 1 saturated heterocycles. The Morgan fingerprint density at radius 2 is 1.82 bits per heavy atom. The Labute approximate surface area is 217 Å². The smallest absolute Gasteiger partial charge is 0.202 e. The maximum absolute atomic E-state index is 13.6. The highest BCUT2D eigenvalue weighted by atomic mass is 16.7. The van der Waals surface area contributed by atoms with E-state index in [9.17, 15) is 39.9 Å². The highest BCUT2D eigenvalue weighted by Gasteiger charge is 2.49. The van der Waals surface area contributed by atoms with Gasteiger partial charge in [-0.1, -0.05) is 12.1 Å². The topological polar surface area (TPSA) is 180 Å². The average Bonchev–Trinajstić information content (AvgIpc) is 2.90. The monoisotopic (exact) mass is 528 g/mol. The van der Waals surface area contributed by atoms with Crippen LogP contribution in [-0.2, 0) is 20.7 Å². The molecule has 1 heterocycles. The summed E-state index contributed by atoms with van der Waals surface area (Å²) in [5.41, 5.74) is -3.43. The minimum absolute atomic E-state index is 0.0371. The molecule has 202 valence electrons. The molecule has 2 aromatic rings. The van der Waals surface area contributed by atoms with E-state index in [4.69, 9.17) is 14.2 Å². The van der Waals surface area contributed by atoms with Crippen LogP contribution in [0.5, 0.6) is 17.2 Å². The van der Waals surface area contributed by atoms with Gasteiger partial charge in [-0.2, -0.15) is 0 Å². The number of Topliss-reactive ketones (excluding diaryl/α,β-unsaturated/α-hetero) is 1. The second-order valence-electron chi connectivity index (χ2n) is 9.91. The number of rotatable bonds is 5. The molecule has 0 saturated carbocycles. The summed E-state index contributed by atoms with van der Waals surface area (Å²) < 4.78 is 17.0. The van der Waals surface area contributed by atoms with Gasteiger partial charge < -0.3 is 39.7 Å². The first-order chi connectivity index (χ1) is 18.0. The number of aromatic hydroxyl groups is 2. The molecule has 5 N–H and O–H groups in total. The van der Waals surface area contributed by atoms with Crippen molar-refractivity contribution in [2.24, 2.45) is 0 Å². The van der Waals surface area contributed by atoms with Gasteiger partial charge in [-0.3, -0.25) is 14.4 Å². The highest BCUT2D eigenvalue weighted by Crippen LogP contribution is 2.52. The van der Waals surface area contributed by atoms with Crippen LogP contribution in [-0.4, -0.2) is 80.7 Å². The van der Waals surface area contributed by atoms with Crippen LogP contribution in [0.4, 0.5) is 0 Å². The molecular formula is C27H28O11. The molecule has 2 aliphatic carbocycles. The zero-order valence-corrected chi connectivity index (χ0v) is 20.8. The van der Waals surface area contributed by atoms with Gasteiger partial charge in [0.05, 0.1) is 42.1 Å². The van der Waals surface area contributed by atoms with Crippen molar-refractivity contribution in [1.29, 1.82) is 0 Å². The summed E-state index contributed by atoms with van der Waals surface area (Å²) >= 11 is 0. The van der Waals surface area contributed by atoms with E-state index in [1.165, 1.54) is 25.3 Å². The largest absolute Gasteiger partial charge is 0.507 e. The molecular weight excluding hydrogens is 500 g/mol. The third-order valence-electron chi connectivity index (χ3n) is 7.66. The lowest BCUT2D eigenvalue weighted by Crippen LogP contribution is -2.48. The third-order valence-corrected chi connectivity index (χ3v) is 7.66. The standard InChI is InChI=1S/C27H28O11/c1-11-14(29)6-7-18(37-11)38-16-9-27(35,17(30)10-28)8-13-20(16)26(34)22-21(24(13)32)23(31)12-4-3-5-15(36-2)19(12)25(22)33/h3-5,11,14,16,18,28-29,32,34-35H,6-10H2,1-2H3/t11-,14-,16-,18-,27-/m1/s1. The Morgan fingerprint density at radius 3 is 2.47 bits per heavy atom. The van der Waals surface area contributed by atoms with Crippen LogP contribution in [0.1, 0.15) is 75.3 Å². The fourth-order valence-electron chi connectivity index (χ4n) is 5.62. The number of fused-ring (bicyclic) bond motifs is 3. The molecule has 2 aromatic carbocycles. The van der Waals surface area contributed by atoms with Crippen molar-refractivity contribution in [1.82, 2.24) is 0 Å². The number of benzene rings is 2. The average molecular weight is 529 g/mol. The minimum atomic E-state index is -2.20. The molecule has 0 bridgehead atoms. The Morgan fingerprint density at radius 1 is 1.11 bits per heavy atom. The van der Waals surface area contributed by atoms with Crippen LogP contribution in [0.2, 0.25) is 0 Å². The minimum Gasteiger partial charge on any atom is -0.507 e. The van der Waals surface area contributed by atoms with Gasteiger partial charge in [-0.05, 0) is 19.4 Å². The van der Waals surface area contributed by atoms with Crippen molar-refractivity contribution in [3.63, 3.8) is 0 Å². The number of carbonyl (C=O) groups excluding carboxylic acids is 3. The molecule has 1 fully saturated rings. The highest BCUT2D eigenvalue weighted by molar-refractivity contribution is 6.31. The van der Waals surface area contributed by atoms with Gasteiger partial charge in [-0.15, -0.1) is 0 Å². The first-order valence-corrected chi connectivity index (χ1v) is 12.2. The van der Waals surface area contributed by atoms with Crippen molar-refractivity contribution >= 4 is 17.3 Å². The number of ether oxygens (including phenoxy) is 3. The number of aliphatic hydroxyl groups excluding tert-OH is 2. The molecule has 11 nitrogen and oxygen atoms in total. The number of ketones is 3. The molecule has 0 radical (unpaired) electrons. The number of hydrogen-bond donors (Lipinski definition) is 5. The normalized spacial score (nSPS) is 28.3. The summed E-state index contributed by atoms with van der Waals surface area (Å²) in [7, 11) is 1.33. The van der Waals surface area contributed by atoms with Crippen molar-refractivity contribution in [2.45, 2.75) is 62.8 Å². The zero-order valence-electron chi connectivity index (χ0n) is 20.8. The Hall–Kier alpha value is -3.35. The van der Waals surface area contributed by atoms with E-state index in [1.807, 2.05) is 0 Å². The first-order valence-electron chi connectivity index (χ1n) is 12.2. The number of aliphatic hydroxyl groups is 3. The molecule has 1 aliphatic heterocycles. The van der Waals surface area contributed by atoms with Crippen LogP contribution in [0.15, 0.2) is 18.2 Å². The van der Waals surface area contributed by atoms with E-state index in [0.29, 0.717) is 6.42 Å². The molecule has 0 aromatic heterocycles. The number of hydrogen-bond acceptors (Lipinski definition) is 11. The second kappa shape index (κ2) is 9.44. The maximum Gasteiger partial charge on any atom is 0.202 e. The van der Waals surface area contributed by atoms with Crippen LogP contribution in [0.25, 0.3) is 0 Å². The van der Waals surface area contributed by atoms with Crippen molar-refractivity contribution in [3.05, 3.63) is 51.6 Å². The number of phenolic OH excluding ortho intramolecular Hbond substituents is 2. The van der Waals surface area contributed by atoms with E-state index in [-0.39, 0.29) is 34.4 Å². The molecule has 0 spiro atoms. The Balaban J connectivity index is 1.69. The summed E-state index contributed by atoms with van der Waals surface area (Å²) in [4.78, 5) is 39.7. The molecule has 5 atom stereocenters. The summed E-state index contributed by atoms with van der Waals surface area (Å²) in [6.07, 6.45) is -3.85. The molecule has 5 rings (SSSR count). The fourth-order valence-corrected chi connectivity index (χ4v) is 5.62. The van der Waals surface area contributed by atoms with Gasteiger partial charge in [0.25, 0.3) is 0 Å². The molecule has 3 aliphatic rings. The quantitative estimate of drug-likeness (QED) is 0.299. The predicted octanol–water partition coefficient (Wildman–Crippen LogP) is 1.06. The Kier molecular flexibility index (Phi) is 6.52. The lowest BCUT2D eigenvalue weighted by molar-refractivity contribution is -0.243. The third kappa shape index (κ3) is 3.89. The number of methoxy groups -OCH3 is 1. The van der Waals surface area contributed by atoms with Gasteiger partial charge in [0.15, 0.2) is 17.9 Å². The molecule has 0 unspecified atom stereocenters. The molecule has 38 heavy (non-hydrogen) atoms. The fraction of sp³-hybridized carbons (Fsp3) is 0.444. The van der Waals surface area contributed by atoms with Crippen molar-refractivity contribution < 1.29 is 54.1 Å². The maximum atomic E-state index is 13.6. The van der Waals surface area contributed by atoms with Gasteiger partial charge in [0.2, 0.25) is 5.78 Å². The van der Waals surface area contributed by atoms with Gasteiger partial charge >= 0.3 is 0 Å². The van der Waals surface area contributed by atoms with Crippen LogP contribution in [0, 0.1) is 0 Å². The number of phenols is 2. The van der Waals surface area contributed by atoms with Gasteiger partial charge in [-0.25, -0.2) is 0 Å². The molecule has 0 amide bonds. The summed E-state index contributed by atoms with van der Waals surface area (Å²) in [5, 5.41) is 53.5. The van der Waals surface area contributed by atoms with Gasteiger partial charge in [0.1, 0.15) is 29.5 Å². The summed E-state index contributed by atoms with van der Waals surface area (Å²) in [5.74, 6) is -3.64. The van der Waals surface area contributed by atoms with Crippen molar-refractivity contribution in [3.8, 4) is 17.2 Å². The number of carbonyl (C=O) groups is 3. The van der Waals surface area contributed by atoms with E-state index >= 15 is 0 Å². The van der Waals surface area contributed by atoms with Crippen LogP contribution < -0.4 is 4.74 Å². The van der Waals surface area contributed by atoms with E-state index in [1.54, 1.807) is 6.92 Å². The lowest BCUT2D eigenvalue weighted by Gasteiger charge is -2.41. The second-order valence-corrected chi connectivity index (χ2v) is 9.91. The predicted molar refractivity (Wildman–Crippen MR) is 128 cm³/mol. The summed E-state index contributed by atoms with van der Waals surface area (Å²) in [6, 6.07) is 4.39. The van der Waals surface area contributed by atoms with E-state index < -0.39 is 89.6 Å². The van der Waals surface area contributed by atoms with Crippen molar-refractivity contribution in [2.75, 3.05) is 13.7 Å². The lowest BCUT2D eigenvalue weighted by atomic mass is 9.72. The summed E-state index contributed by atoms with van der Waals surface area (Å²) in [6.45, 7) is 0.652. The van der Waals surface area contributed by atoms with E-state index in [0.717, 1.165) is 0 Å². The first kappa shape index (κ1) is 26.3. The zero-order chi connectivity index (χ0) is 27.5. The van der Waals surface area contributed by atoms with Crippen LogP contribution >= 0.6 is 0 Å².